The molecule has 4 rings (SSSR count). The van der Waals surface area contributed by atoms with E-state index in [-0.39, 0.29) is 6.04 Å². The van der Waals surface area contributed by atoms with E-state index in [4.69, 9.17) is 0 Å². The average Bonchev–Trinajstić information content (AvgIpc) is 3.30. The molecule has 5 nitrogen and oxygen atoms in total. The van der Waals surface area contributed by atoms with E-state index in [9.17, 15) is 0 Å². The highest BCUT2D eigenvalue weighted by Crippen LogP contribution is 2.42. The fourth-order valence-electron chi connectivity index (χ4n) is 2.73. The maximum absolute atomic E-state index is 4.51. The third-order valence-corrected chi connectivity index (χ3v) is 4.03. The number of fused-ring (bicyclic) bond motifs is 1. The standard InChI is InChI=1S/C16H17N5/c1-21-15-8-7-12(10-14(15)19-20-21)18-16(11-5-6-11)13-4-2-3-9-17-13/h2-4,7-11,16,18H,5-6H2,1H3. The van der Waals surface area contributed by atoms with Gasteiger partial charge in [-0.05, 0) is 49.1 Å². The molecule has 2 heterocycles. The van der Waals surface area contributed by atoms with Crippen molar-refractivity contribution in [2.75, 3.05) is 5.32 Å². The van der Waals surface area contributed by atoms with Crippen molar-refractivity contribution in [1.29, 1.82) is 0 Å². The van der Waals surface area contributed by atoms with Crippen LogP contribution in [0.25, 0.3) is 11.0 Å². The molecule has 0 aliphatic heterocycles. The lowest BCUT2D eigenvalue weighted by atomic mass is 10.1. The molecule has 3 aromatic rings. The molecule has 0 amide bonds. The van der Waals surface area contributed by atoms with Gasteiger partial charge >= 0.3 is 0 Å². The lowest BCUT2D eigenvalue weighted by Gasteiger charge is -2.19. The Morgan fingerprint density at radius 1 is 1.24 bits per heavy atom. The maximum Gasteiger partial charge on any atom is 0.115 e. The summed E-state index contributed by atoms with van der Waals surface area (Å²) in [7, 11) is 1.91. The van der Waals surface area contributed by atoms with E-state index in [1.807, 2.05) is 25.4 Å². The van der Waals surface area contributed by atoms with Crippen LogP contribution in [0.4, 0.5) is 5.69 Å². The molecule has 1 unspecified atom stereocenters. The fourth-order valence-corrected chi connectivity index (χ4v) is 2.73. The van der Waals surface area contributed by atoms with Gasteiger partial charge in [-0.1, -0.05) is 11.3 Å². The molecule has 1 saturated carbocycles. The van der Waals surface area contributed by atoms with Crippen LogP contribution in [-0.2, 0) is 7.05 Å². The second-order valence-electron chi connectivity index (χ2n) is 5.63. The Balaban J connectivity index is 1.65. The van der Waals surface area contributed by atoms with Crippen LogP contribution < -0.4 is 5.32 Å². The third kappa shape index (κ3) is 2.35. The zero-order valence-corrected chi connectivity index (χ0v) is 11.9. The first kappa shape index (κ1) is 12.3. The lowest BCUT2D eigenvalue weighted by Crippen LogP contribution is -2.14. The van der Waals surface area contributed by atoms with Crippen molar-refractivity contribution >= 4 is 16.7 Å². The fraction of sp³-hybridized carbons (Fsp3) is 0.312. The highest BCUT2D eigenvalue weighted by Gasteiger charge is 2.33. The van der Waals surface area contributed by atoms with Gasteiger partial charge in [-0.25, -0.2) is 4.68 Å². The molecule has 1 N–H and O–H groups in total. The molecular weight excluding hydrogens is 262 g/mol. The number of nitrogens with one attached hydrogen (secondary N) is 1. The van der Waals surface area contributed by atoms with Gasteiger partial charge in [-0.3, -0.25) is 4.98 Å². The Kier molecular flexibility index (Phi) is 2.84. The van der Waals surface area contributed by atoms with Crippen molar-refractivity contribution in [3.05, 3.63) is 48.3 Å². The largest absolute Gasteiger partial charge is 0.376 e. The van der Waals surface area contributed by atoms with Gasteiger partial charge in [-0.2, -0.15) is 0 Å². The van der Waals surface area contributed by atoms with E-state index in [1.165, 1.54) is 12.8 Å². The van der Waals surface area contributed by atoms with Gasteiger partial charge in [0.1, 0.15) is 5.52 Å². The van der Waals surface area contributed by atoms with E-state index < -0.39 is 0 Å². The summed E-state index contributed by atoms with van der Waals surface area (Å²) in [4.78, 5) is 4.51. The van der Waals surface area contributed by atoms with Gasteiger partial charge in [0.25, 0.3) is 0 Å². The normalized spacial score (nSPS) is 16.0. The molecule has 1 aliphatic rings. The summed E-state index contributed by atoms with van der Waals surface area (Å²) in [6, 6.07) is 12.6. The van der Waals surface area contributed by atoms with Crippen molar-refractivity contribution in [2.45, 2.75) is 18.9 Å². The third-order valence-electron chi connectivity index (χ3n) is 4.03. The van der Waals surface area contributed by atoms with Crippen LogP contribution in [0, 0.1) is 5.92 Å². The molecule has 1 atom stereocenters. The summed E-state index contributed by atoms with van der Waals surface area (Å²) in [5.41, 5.74) is 4.14. The molecule has 0 bridgehead atoms. The molecule has 106 valence electrons. The van der Waals surface area contributed by atoms with E-state index in [0.717, 1.165) is 22.4 Å². The number of aryl methyl sites for hydroxylation is 1. The number of aromatic nitrogens is 4. The Morgan fingerprint density at radius 2 is 2.14 bits per heavy atom. The number of anilines is 1. The first-order valence-corrected chi connectivity index (χ1v) is 7.28. The number of benzene rings is 1. The van der Waals surface area contributed by atoms with Gasteiger partial charge in [-0.15, -0.1) is 5.10 Å². The number of hydrogen-bond donors (Lipinski definition) is 1. The van der Waals surface area contributed by atoms with Gasteiger partial charge in [0.05, 0.1) is 17.3 Å². The monoisotopic (exact) mass is 279 g/mol. The smallest absolute Gasteiger partial charge is 0.115 e. The molecule has 21 heavy (non-hydrogen) atoms. The molecule has 1 fully saturated rings. The maximum atomic E-state index is 4.51. The second kappa shape index (κ2) is 4.84. The summed E-state index contributed by atoms with van der Waals surface area (Å²) in [5.74, 6) is 0.678. The van der Waals surface area contributed by atoms with Crippen molar-refractivity contribution in [1.82, 2.24) is 20.0 Å². The average molecular weight is 279 g/mol. The van der Waals surface area contributed by atoms with Gasteiger partial charge < -0.3 is 5.32 Å². The molecule has 0 spiro atoms. The summed E-state index contributed by atoms with van der Waals surface area (Å²) >= 11 is 0. The Hall–Kier alpha value is -2.43. The molecule has 0 saturated heterocycles. The predicted molar refractivity (Wildman–Crippen MR) is 81.8 cm³/mol. The lowest BCUT2D eigenvalue weighted by molar-refractivity contribution is 0.658. The molecular formula is C16H17N5. The predicted octanol–water partition coefficient (Wildman–Crippen LogP) is 2.93. The van der Waals surface area contributed by atoms with Crippen molar-refractivity contribution < 1.29 is 0 Å². The number of hydrogen-bond acceptors (Lipinski definition) is 4. The molecule has 2 aromatic heterocycles. The first-order chi connectivity index (χ1) is 10.3. The van der Waals surface area contributed by atoms with Crippen LogP contribution in [0.1, 0.15) is 24.6 Å². The number of rotatable bonds is 4. The SMILES string of the molecule is Cn1nnc2cc(NC(c3ccccn3)C3CC3)ccc21. The van der Waals surface area contributed by atoms with Crippen LogP contribution in [0.5, 0.6) is 0 Å². The van der Waals surface area contributed by atoms with Crippen LogP contribution in [0.2, 0.25) is 0 Å². The minimum Gasteiger partial charge on any atom is -0.376 e. The molecule has 1 aliphatic carbocycles. The van der Waals surface area contributed by atoms with Crippen LogP contribution in [0.15, 0.2) is 42.6 Å². The van der Waals surface area contributed by atoms with E-state index >= 15 is 0 Å². The van der Waals surface area contributed by atoms with Gasteiger partial charge in [0, 0.05) is 18.9 Å². The number of pyridine rings is 1. The van der Waals surface area contributed by atoms with Gasteiger partial charge in [0.2, 0.25) is 0 Å². The minimum absolute atomic E-state index is 0.278. The summed E-state index contributed by atoms with van der Waals surface area (Å²) in [6.07, 6.45) is 4.39. The highest BCUT2D eigenvalue weighted by atomic mass is 15.4. The summed E-state index contributed by atoms with van der Waals surface area (Å²) in [5, 5.41) is 11.8. The molecule has 1 aromatic carbocycles. The van der Waals surface area contributed by atoms with Crippen LogP contribution >= 0.6 is 0 Å². The van der Waals surface area contributed by atoms with Gasteiger partial charge in [0.15, 0.2) is 0 Å². The Morgan fingerprint density at radius 3 is 2.90 bits per heavy atom. The van der Waals surface area contributed by atoms with E-state index in [2.05, 4.69) is 44.9 Å². The Bertz CT molecular complexity index is 761. The van der Waals surface area contributed by atoms with Crippen molar-refractivity contribution in [2.24, 2.45) is 13.0 Å². The molecule has 5 heteroatoms. The highest BCUT2D eigenvalue weighted by molar-refractivity contribution is 5.78. The zero-order chi connectivity index (χ0) is 14.2. The zero-order valence-electron chi connectivity index (χ0n) is 11.9. The van der Waals surface area contributed by atoms with Crippen molar-refractivity contribution in [3.8, 4) is 0 Å². The molecule has 0 radical (unpaired) electrons. The first-order valence-electron chi connectivity index (χ1n) is 7.28. The summed E-state index contributed by atoms with van der Waals surface area (Å²) < 4.78 is 1.79. The quantitative estimate of drug-likeness (QED) is 0.797. The summed E-state index contributed by atoms with van der Waals surface area (Å²) in [6.45, 7) is 0. The Labute approximate surface area is 123 Å². The minimum atomic E-state index is 0.278. The second-order valence-corrected chi connectivity index (χ2v) is 5.63. The van der Waals surface area contributed by atoms with Crippen LogP contribution in [-0.4, -0.2) is 20.0 Å². The van der Waals surface area contributed by atoms with Crippen LogP contribution in [0.3, 0.4) is 0 Å². The topological polar surface area (TPSA) is 55.6 Å². The van der Waals surface area contributed by atoms with Crippen molar-refractivity contribution in [3.63, 3.8) is 0 Å². The van der Waals surface area contributed by atoms with E-state index in [0.29, 0.717) is 5.92 Å². The van der Waals surface area contributed by atoms with E-state index in [1.54, 1.807) is 4.68 Å². The number of nitrogens with zero attached hydrogens (tertiary/aromatic N) is 4.